The smallest absolute Gasteiger partial charge is 0.354 e. The lowest BCUT2D eigenvalue weighted by Gasteiger charge is -2.15. The zero-order valence-corrected chi connectivity index (χ0v) is 12.7. The van der Waals surface area contributed by atoms with Gasteiger partial charge < -0.3 is 19.9 Å². The summed E-state index contributed by atoms with van der Waals surface area (Å²) in [5, 5.41) is 11.9. The van der Waals surface area contributed by atoms with Crippen molar-refractivity contribution < 1.29 is 29.0 Å². The minimum Gasteiger partial charge on any atom is -0.478 e. The average Bonchev–Trinajstić information content (AvgIpc) is 2.47. The summed E-state index contributed by atoms with van der Waals surface area (Å²) in [5.41, 5.74) is 1.34. The Morgan fingerprint density at radius 2 is 1.77 bits per heavy atom. The molecule has 1 aromatic rings. The van der Waals surface area contributed by atoms with Crippen LogP contribution in [-0.4, -0.2) is 37.2 Å². The van der Waals surface area contributed by atoms with Crippen molar-refractivity contribution in [3.05, 3.63) is 40.6 Å². The summed E-state index contributed by atoms with van der Waals surface area (Å²) in [6, 6.07) is 3.21. The highest BCUT2D eigenvalue weighted by molar-refractivity contribution is 6.02. The van der Waals surface area contributed by atoms with E-state index in [1.807, 2.05) is 0 Å². The first-order chi connectivity index (χ1) is 10.3. The fourth-order valence-corrected chi connectivity index (χ4v) is 1.87. The largest absolute Gasteiger partial charge is 0.478 e. The fourth-order valence-electron chi connectivity index (χ4n) is 1.87. The number of aromatic carboxylic acids is 1. The molecule has 0 heterocycles. The Labute approximate surface area is 127 Å². The van der Waals surface area contributed by atoms with Crippen molar-refractivity contribution in [3.8, 4) is 0 Å². The van der Waals surface area contributed by atoms with Crippen LogP contribution in [0.5, 0.6) is 0 Å². The summed E-state index contributed by atoms with van der Waals surface area (Å²) >= 11 is 0. The molecule has 7 heteroatoms. The lowest BCUT2D eigenvalue weighted by molar-refractivity contribution is -0.138. The van der Waals surface area contributed by atoms with Crippen LogP contribution in [-0.2, 0) is 19.1 Å². The number of aryl methyl sites for hydroxylation is 2. The number of benzene rings is 1. The second-order valence-corrected chi connectivity index (χ2v) is 4.51. The van der Waals surface area contributed by atoms with Crippen LogP contribution in [0, 0.1) is 13.8 Å². The van der Waals surface area contributed by atoms with E-state index < -0.39 is 17.9 Å². The number of rotatable bonds is 5. The van der Waals surface area contributed by atoms with E-state index in [0.29, 0.717) is 5.56 Å². The molecule has 0 atom stereocenters. The summed E-state index contributed by atoms with van der Waals surface area (Å²) in [6.45, 7) is 3.45. The molecule has 22 heavy (non-hydrogen) atoms. The van der Waals surface area contributed by atoms with E-state index in [1.54, 1.807) is 19.9 Å². The molecule has 7 nitrogen and oxygen atoms in total. The third-order valence-electron chi connectivity index (χ3n) is 2.84. The number of carbonyl (C=O) groups is 3. The topological polar surface area (TPSA) is 102 Å². The first-order valence-corrected chi connectivity index (χ1v) is 6.29. The highest BCUT2D eigenvalue weighted by Crippen LogP contribution is 2.24. The van der Waals surface area contributed by atoms with Gasteiger partial charge in [-0.3, -0.25) is 0 Å². The van der Waals surface area contributed by atoms with E-state index in [2.05, 4.69) is 14.8 Å². The lowest BCUT2D eigenvalue weighted by Crippen LogP contribution is -2.18. The van der Waals surface area contributed by atoms with Gasteiger partial charge in [0.25, 0.3) is 0 Å². The molecule has 1 aromatic carbocycles. The number of ether oxygens (including phenoxy) is 2. The molecule has 0 saturated heterocycles. The molecule has 1 rings (SSSR count). The number of hydrogen-bond donors (Lipinski definition) is 2. The molecule has 0 saturated carbocycles. The van der Waals surface area contributed by atoms with Crippen molar-refractivity contribution in [1.82, 2.24) is 0 Å². The molecule has 0 aliphatic heterocycles. The number of methoxy groups -OCH3 is 2. The molecular formula is C15H17NO6. The summed E-state index contributed by atoms with van der Waals surface area (Å²) in [4.78, 5) is 34.4. The van der Waals surface area contributed by atoms with E-state index >= 15 is 0 Å². The maximum atomic E-state index is 11.7. The van der Waals surface area contributed by atoms with Gasteiger partial charge >= 0.3 is 17.9 Å². The van der Waals surface area contributed by atoms with Gasteiger partial charge in [0.2, 0.25) is 0 Å². The summed E-state index contributed by atoms with van der Waals surface area (Å²) < 4.78 is 9.03. The van der Waals surface area contributed by atoms with E-state index in [-0.39, 0.29) is 16.9 Å². The Hall–Kier alpha value is -2.83. The Kier molecular flexibility index (Phi) is 5.68. The second-order valence-electron chi connectivity index (χ2n) is 4.51. The molecule has 0 unspecified atom stereocenters. The number of nitrogens with one attached hydrogen (secondary N) is 1. The van der Waals surface area contributed by atoms with Crippen molar-refractivity contribution in [2.24, 2.45) is 0 Å². The van der Waals surface area contributed by atoms with Crippen molar-refractivity contribution in [1.29, 1.82) is 0 Å². The number of carboxylic acids is 1. The van der Waals surface area contributed by atoms with E-state index in [9.17, 15) is 19.5 Å². The lowest BCUT2D eigenvalue weighted by atomic mass is 10.0. The molecule has 2 N–H and O–H groups in total. The predicted molar refractivity (Wildman–Crippen MR) is 78.6 cm³/mol. The highest BCUT2D eigenvalue weighted by Gasteiger charge is 2.19. The summed E-state index contributed by atoms with van der Waals surface area (Å²) in [7, 11) is 2.31. The Bertz CT molecular complexity index is 648. The molecule has 0 aromatic heterocycles. The van der Waals surface area contributed by atoms with Crippen LogP contribution in [0.3, 0.4) is 0 Å². The Balaban J connectivity index is 3.35. The van der Waals surface area contributed by atoms with Gasteiger partial charge in [-0.05, 0) is 31.0 Å². The van der Waals surface area contributed by atoms with E-state index in [0.717, 1.165) is 25.9 Å². The maximum absolute atomic E-state index is 11.7. The third kappa shape index (κ3) is 4.08. The predicted octanol–water partition coefficient (Wildman–Crippen LogP) is 1.64. The zero-order chi connectivity index (χ0) is 16.9. The van der Waals surface area contributed by atoms with Crippen LogP contribution >= 0.6 is 0 Å². The third-order valence-corrected chi connectivity index (χ3v) is 2.84. The van der Waals surface area contributed by atoms with Crippen molar-refractivity contribution in [2.45, 2.75) is 13.8 Å². The highest BCUT2D eigenvalue weighted by atomic mass is 16.5. The van der Waals surface area contributed by atoms with Gasteiger partial charge in [0.05, 0.1) is 31.5 Å². The minimum absolute atomic E-state index is 0.0165. The maximum Gasteiger partial charge on any atom is 0.354 e. The molecule has 0 bridgehead atoms. The van der Waals surface area contributed by atoms with Gasteiger partial charge in [-0.25, -0.2) is 14.4 Å². The van der Waals surface area contributed by atoms with Crippen LogP contribution in [0.15, 0.2) is 23.9 Å². The van der Waals surface area contributed by atoms with Crippen molar-refractivity contribution >= 4 is 23.6 Å². The molecule has 0 fully saturated rings. The Morgan fingerprint density at radius 1 is 1.14 bits per heavy atom. The van der Waals surface area contributed by atoms with Gasteiger partial charge in [0.15, 0.2) is 0 Å². The minimum atomic E-state index is -1.16. The number of esters is 2. The second kappa shape index (κ2) is 7.26. The standard InChI is InChI=1S/C15H17NO6/c1-8-5-9(2)13(10(6-8)14(18)19)16-11(15(20)22-4)7-12(17)21-3/h5-7,16H,1-4H3,(H,18,19)/b11-7+. The normalized spacial score (nSPS) is 10.8. The summed E-state index contributed by atoms with van der Waals surface area (Å²) in [5.74, 6) is -2.74. The van der Waals surface area contributed by atoms with Crippen LogP contribution in [0.4, 0.5) is 5.69 Å². The SMILES string of the molecule is COC(=O)/C=C(/Nc1c(C)cc(C)cc1C(=O)O)C(=O)OC. The molecule has 0 spiro atoms. The summed E-state index contributed by atoms with van der Waals surface area (Å²) in [6.07, 6.45) is 0.900. The van der Waals surface area contributed by atoms with E-state index in [1.165, 1.54) is 6.07 Å². The van der Waals surface area contributed by atoms with Gasteiger partial charge in [-0.15, -0.1) is 0 Å². The van der Waals surface area contributed by atoms with Crippen molar-refractivity contribution in [3.63, 3.8) is 0 Å². The first-order valence-electron chi connectivity index (χ1n) is 6.29. The molecular weight excluding hydrogens is 290 g/mol. The molecule has 0 aliphatic carbocycles. The van der Waals surface area contributed by atoms with Gasteiger partial charge in [-0.1, -0.05) is 6.07 Å². The molecule has 0 aliphatic rings. The zero-order valence-electron chi connectivity index (χ0n) is 12.7. The molecule has 0 amide bonds. The molecule has 0 radical (unpaired) electrons. The average molecular weight is 307 g/mol. The molecule has 118 valence electrons. The Morgan fingerprint density at radius 3 is 2.27 bits per heavy atom. The fraction of sp³-hybridized carbons (Fsp3) is 0.267. The number of carbonyl (C=O) groups excluding carboxylic acids is 2. The van der Waals surface area contributed by atoms with E-state index in [4.69, 9.17) is 0 Å². The van der Waals surface area contributed by atoms with Gasteiger partial charge in [0, 0.05) is 0 Å². The van der Waals surface area contributed by atoms with Crippen LogP contribution < -0.4 is 5.32 Å². The first kappa shape index (κ1) is 17.2. The monoisotopic (exact) mass is 307 g/mol. The van der Waals surface area contributed by atoms with Crippen molar-refractivity contribution in [2.75, 3.05) is 19.5 Å². The number of carboxylic acid groups (broad SMARTS) is 1. The quantitative estimate of drug-likeness (QED) is 0.629. The van der Waals surface area contributed by atoms with Crippen LogP contribution in [0.1, 0.15) is 21.5 Å². The van der Waals surface area contributed by atoms with Crippen LogP contribution in [0.25, 0.3) is 0 Å². The number of hydrogen-bond acceptors (Lipinski definition) is 6. The van der Waals surface area contributed by atoms with Gasteiger partial charge in [-0.2, -0.15) is 0 Å². The number of anilines is 1. The van der Waals surface area contributed by atoms with Crippen LogP contribution in [0.2, 0.25) is 0 Å². The van der Waals surface area contributed by atoms with Gasteiger partial charge in [0.1, 0.15) is 5.70 Å².